The molecule has 2 rings (SSSR count). The van der Waals surface area contributed by atoms with Crippen molar-refractivity contribution in [3.8, 4) is 5.75 Å². The maximum atomic E-state index is 12.7. The highest BCUT2D eigenvalue weighted by molar-refractivity contribution is 5.79. The molecular weight excluding hydrogens is 382 g/mol. The molecule has 0 aliphatic heterocycles. The van der Waals surface area contributed by atoms with E-state index in [1.165, 1.54) is 7.11 Å². The third-order valence-corrected chi connectivity index (χ3v) is 4.76. The number of hydrogen-bond acceptors (Lipinski definition) is 6. The monoisotopic (exact) mass is 413 g/mol. The second-order valence-electron chi connectivity index (χ2n) is 7.72. The SMILES string of the molecule is COC(=O)[C@H](CCc1ccc(O)cc1)N[C@@H](CC(C)C)C(=O)OCc1ccccc1. The zero-order valence-electron chi connectivity index (χ0n) is 17.8. The van der Waals surface area contributed by atoms with Crippen LogP contribution in [0.5, 0.6) is 5.75 Å². The lowest BCUT2D eigenvalue weighted by molar-refractivity contribution is -0.149. The van der Waals surface area contributed by atoms with Gasteiger partial charge in [0.1, 0.15) is 24.4 Å². The van der Waals surface area contributed by atoms with Gasteiger partial charge in [-0.1, -0.05) is 56.3 Å². The van der Waals surface area contributed by atoms with Gasteiger partial charge in [0.25, 0.3) is 0 Å². The number of methoxy groups -OCH3 is 1. The van der Waals surface area contributed by atoms with E-state index < -0.39 is 18.1 Å². The summed E-state index contributed by atoms with van der Waals surface area (Å²) in [4.78, 5) is 25.1. The van der Waals surface area contributed by atoms with Gasteiger partial charge in [0.15, 0.2) is 0 Å². The first kappa shape index (κ1) is 23.4. The summed E-state index contributed by atoms with van der Waals surface area (Å²) in [6, 6.07) is 15.1. The zero-order chi connectivity index (χ0) is 21.9. The summed E-state index contributed by atoms with van der Waals surface area (Å²) in [5.74, 6) is -0.369. The van der Waals surface area contributed by atoms with E-state index in [1.54, 1.807) is 12.1 Å². The van der Waals surface area contributed by atoms with Crippen molar-refractivity contribution in [2.45, 2.75) is 51.8 Å². The van der Waals surface area contributed by atoms with Crippen LogP contribution in [0.1, 0.15) is 37.8 Å². The van der Waals surface area contributed by atoms with Crippen LogP contribution in [0.2, 0.25) is 0 Å². The molecule has 2 aromatic rings. The fourth-order valence-corrected chi connectivity index (χ4v) is 3.16. The van der Waals surface area contributed by atoms with Crippen molar-refractivity contribution in [2.75, 3.05) is 7.11 Å². The van der Waals surface area contributed by atoms with Gasteiger partial charge in [0, 0.05) is 0 Å². The number of benzene rings is 2. The highest BCUT2D eigenvalue weighted by Gasteiger charge is 2.28. The summed E-state index contributed by atoms with van der Waals surface area (Å²) in [5.41, 5.74) is 1.89. The van der Waals surface area contributed by atoms with Crippen LogP contribution in [0.4, 0.5) is 0 Å². The van der Waals surface area contributed by atoms with Crippen molar-refractivity contribution in [1.82, 2.24) is 5.32 Å². The van der Waals surface area contributed by atoms with E-state index in [0.717, 1.165) is 11.1 Å². The number of carbonyl (C=O) groups is 2. The fourth-order valence-electron chi connectivity index (χ4n) is 3.16. The first-order chi connectivity index (χ1) is 14.4. The highest BCUT2D eigenvalue weighted by Crippen LogP contribution is 2.15. The van der Waals surface area contributed by atoms with E-state index in [2.05, 4.69) is 5.32 Å². The maximum Gasteiger partial charge on any atom is 0.323 e. The molecular formula is C24H31NO5. The van der Waals surface area contributed by atoms with E-state index in [-0.39, 0.29) is 24.2 Å². The number of carbonyl (C=O) groups excluding carboxylic acids is 2. The molecule has 0 heterocycles. The second-order valence-corrected chi connectivity index (χ2v) is 7.72. The van der Waals surface area contributed by atoms with Crippen molar-refractivity contribution >= 4 is 11.9 Å². The summed E-state index contributed by atoms with van der Waals surface area (Å²) in [6.07, 6.45) is 1.60. The van der Waals surface area contributed by atoms with Gasteiger partial charge < -0.3 is 14.6 Å². The molecule has 0 fully saturated rings. The molecule has 0 saturated heterocycles. The summed E-state index contributed by atoms with van der Waals surface area (Å²) in [5, 5.41) is 12.6. The Morgan fingerprint density at radius 2 is 1.60 bits per heavy atom. The Balaban J connectivity index is 2.03. The van der Waals surface area contributed by atoms with E-state index in [9.17, 15) is 14.7 Å². The smallest absolute Gasteiger partial charge is 0.323 e. The molecule has 162 valence electrons. The minimum Gasteiger partial charge on any atom is -0.508 e. The predicted octanol–water partition coefficient (Wildman–Crippen LogP) is 3.61. The Labute approximate surface area is 178 Å². The molecule has 0 saturated carbocycles. The average molecular weight is 414 g/mol. The lowest BCUT2D eigenvalue weighted by atomic mass is 10.0. The molecule has 0 bridgehead atoms. The molecule has 0 aliphatic carbocycles. The van der Waals surface area contributed by atoms with Gasteiger partial charge in [0.05, 0.1) is 7.11 Å². The van der Waals surface area contributed by atoms with Gasteiger partial charge in [-0.25, -0.2) is 0 Å². The Bertz CT molecular complexity index is 789. The molecule has 0 radical (unpaired) electrons. The summed E-state index contributed by atoms with van der Waals surface area (Å²) in [6.45, 7) is 4.22. The lowest BCUT2D eigenvalue weighted by Crippen LogP contribution is -2.49. The number of phenolic OH excluding ortho intramolecular Hbond substituents is 1. The largest absolute Gasteiger partial charge is 0.508 e. The predicted molar refractivity (Wildman–Crippen MR) is 115 cm³/mol. The van der Waals surface area contributed by atoms with Crippen LogP contribution in [0, 0.1) is 5.92 Å². The van der Waals surface area contributed by atoms with E-state index >= 15 is 0 Å². The Morgan fingerprint density at radius 3 is 2.20 bits per heavy atom. The van der Waals surface area contributed by atoms with Gasteiger partial charge in [-0.15, -0.1) is 0 Å². The standard InChI is InChI=1S/C24H31NO5/c1-17(2)15-22(24(28)30-16-19-7-5-4-6-8-19)25-21(23(27)29-3)14-11-18-9-12-20(26)13-10-18/h4-10,12-13,17,21-22,25-26H,11,14-16H2,1-3H3/t21-,22-/m0/s1. The Morgan fingerprint density at radius 1 is 0.933 bits per heavy atom. The van der Waals surface area contributed by atoms with Crippen molar-refractivity contribution in [1.29, 1.82) is 0 Å². The average Bonchev–Trinajstić information content (AvgIpc) is 2.75. The topological polar surface area (TPSA) is 84.9 Å². The van der Waals surface area contributed by atoms with Crippen molar-refractivity contribution in [2.24, 2.45) is 5.92 Å². The van der Waals surface area contributed by atoms with E-state index in [1.807, 2.05) is 56.3 Å². The number of rotatable bonds is 11. The lowest BCUT2D eigenvalue weighted by Gasteiger charge is -2.24. The fraction of sp³-hybridized carbons (Fsp3) is 0.417. The van der Waals surface area contributed by atoms with Crippen LogP contribution in [-0.4, -0.2) is 36.2 Å². The zero-order valence-corrected chi connectivity index (χ0v) is 17.8. The molecule has 0 amide bonds. The van der Waals surface area contributed by atoms with E-state index in [4.69, 9.17) is 9.47 Å². The minimum absolute atomic E-state index is 0.187. The molecule has 0 unspecified atom stereocenters. The second kappa shape index (κ2) is 12.0. The van der Waals surface area contributed by atoms with Crippen LogP contribution < -0.4 is 5.32 Å². The van der Waals surface area contributed by atoms with Crippen LogP contribution in [-0.2, 0) is 32.1 Å². The molecule has 0 spiro atoms. The maximum absolute atomic E-state index is 12.7. The van der Waals surface area contributed by atoms with Crippen LogP contribution >= 0.6 is 0 Å². The number of ether oxygens (including phenoxy) is 2. The number of nitrogens with one attached hydrogen (secondary N) is 1. The van der Waals surface area contributed by atoms with Crippen molar-refractivity contribution in [3.05, 3.63) is 65.7 Å². The van der Waals surface area contributed by atoms with Gasteiger partial charge in [-0.05, 0) is 48.4 Å². The third kappa shape index (κ3) is 7.87. The normalized spacial score (nSPS) is 12.9. The first-order valence-electron chi connectivity index (χ1n) is 10.2. The molecule has 2 atom stereocenters. The third-order valence-electron chi connectivity index (χ3n) is 4.76. The highest BCUT2D eigenvalue weighted by atomic mass is 16.5. The molecule has 6 heteroatoms. The number of hydrogen-bond donors (Lipinski definition) is 2. The van der Waals surface area contributed by atoms with Crippen molar-refractivity contribution in [3.63, 3.8) is 0 Å². The van der Waals surface area contributed by atoms with Crippen LogP contribution in [0.3, 0.4) is 0 Å². The molecule has 0 aliphatic rings. The summed E-state index contributed by atoms with van der Waals surface area (Å²) < 4.78 is 10.4. The first-order valence-corrected chi connectivity index (χ1v) is 10.2. The van der Waals surface area contributed by atoms with E-state index in [0.29, 0.717) is 19.3 Å². The number of phenols is 1. The summed E-state index contributed by atoms with van der Waals surface area (Å²) in [7, 11) is 1.34. The quantitative estimate of drug-likeness (QED) is 0.548. The number of esters is 2. The van der Waals surface area contributed by atoms with Gasteiger partial charge in [-0.3, -0.25) is 14.9 Å². The molecule has 2 aromatic carbocycles. The van der Waals surface area contributed by atoms with Gasteiger partial charge in [-0.2, -0.15) is 0 Å². The molecule has 0 aromatic heterocycles. The van der Waals surface area contributed by atoms with Gasteiger partial charge in [0.2, 0.25) is 0 Å². The molecule has 2 N–H and O–H groups in total. The Hall–Kier alpha value is -2.86. The van der Waals surface area contributed by atoms with Crippen LogP contribution in [0.25, 0.3) is 0 Å². The molecule has 6 nitrogen and oxygen atoms in total. The van der Waals surface area contributed by atoms with Crippen molar-refractivity contribution < 1.29 is 24.2 Å². The Kier molecular flexibility index (Phi) is 9.35. The number of aryl methyl sites for hydroxylation is 1. The summed E-state index contributed by atoms with van der Waals surface area (Å²) >= 11 is 0. The number of aromatic hydroxyl groups is 1. The molecule has 30 heavy (non-hydrogen) atoms. The van der Waals surface area contributed by atoms with Gasteiger partial charge >= 0.3 is 11.9 Å². The minimum atomic E-state index is -0.642. The van der Waals surface area contributed by atoms with Crippen LogP contribution in [0.15, 0.2) is 54.6 Å².